The van der Waals surface area contributed by atoms with E-state index < -0.39 is 0 Å². The van der Waals surface area contributed by atoms with E-state index in [1.807, 2.05) is 0 Å². The predicted octanol–water partition coefficient (Wildman–Crippen LogP) is 7.72. The Balaban J connectivity index is 1.84. The van der Waals surface area contributed by atoms with E-state index in [9.17, 15) is 0 Å². The van der Waals surface area contributed by atoms with Crippen LogP contribution in [0.2, 0.25) is 21.3 Å². The van der Waals surface area contributed by atoms with Crippen LogP contribution >= 0.6 is 0 Å². The van der Waals surface area contributed by atoms with Gasteiger partial charge in [0.25, 0.3) is 0 Å². The molecular weight excluding hydrogens is 772 g/mol. The van der Waals surface area contributed by atoms with Crippen LogP contribution < -0.4 is 0 Å². The zero-order chi connectivity index (χ0) is 29.8. The van der Waals surface area contributed by atoms with Gasteiger partial charge in [0.05, 0.1) is 0 Å². The molecule has 2 aromatic rings. The van der Waals surface area contributed by atoms with Gasteiger partial charge in [0.2, 0.25) is 0 Å². The summed E-state index contributed by atoms with van der Waals surface area (Å²) in [5.74, 6) is 14.3. The fraction of sp³-hybridized carbons (Fsp3) is 0.474. The zero-order valence-electron chi connectivity index (χ0n) is 25.8. The third kappa shape index (κ3) is 12.4. The Kier molecular flexibility index (Phi) is 18.0. The van der Waals surface area contributed by atoms with Gasteiger partial charge in [0, 0.05) is 0 Å². The van der Waals surface area contributed by atoms with Crippen molar-refractivity contribution in [2.45, 2.75) is 113 Å². The molecule has 0 N–H and O–H groups in total. The van der Waals surface area contributed by atoms with Crippen LogP contribution in [0.5, 0.6) is 0 Å². The van der Waals surface area contributed by atoms with Crippen molar-refractivity contribution in [2.75, 3.05) is 0 Å². The fourth-order valence-electron chi connectivity index (χ4n) is 4.72. The van der Waals surface area contributed by atoms with Crippen molar-refractivity contribution in [3.63, 3.8) is 0 Å². The third-order valence-corrected chi connectivity index (χ3v) is 13.0. The van der Waals surface area contributed by atoms with Crippen molar-refractivity contribution in [3.05, 3.63) is 68.8 Å². The van der Waals surface area contributed by atoms with Crippen LogP contribution in [-0.4, -0.2) is 59.8 Å². The summed E-state index contributed by atoms with van der Waals surface area (Å²) in [7, 11) is 0. The third-order valence-electron chi connectivity index (χ3n) is 6.75. The van der Waals surface area contributed by atoms with Crippen LogP contribution in [0.25, 0.3) is 0 Å². The number of benzene rings is 2. The average Bonchev–Trinajstić information content (AvgIpc) is 2.98. The van der Waals surface area contributed by atoms with Gasteiger partial charge in [-0.05, 0) is 0 Å². The molecule has 220 valence electrons. The maximum atomic E-state index is 3.58. The van der Waals surface area contributed by atoms with E-state index in [0.717, 1.165) is 51.4 Å². The van der Waals surface area contributed by atoms with Crippen LogP contribution in [0.4, 0.5) is 0 Å². The van der Waals surface area contributed by atoms with Gasteiger partial charge in [0.1, 0.15) is 0 Å². The number of rotatable bonds is 8. The second kappa shape index (κ2) is 21.5. The second-order valence-corrected chi connectivity index (χ2v) is 17.9. The first-order valence-corrected chi connectivity index (χ1v) is 23.8. The van der Waals surface area contributed by atoms with Crippen molar-refractivity contribution >= 4 is 59.8 Å². The second-order valence-electron chi connectivity index (χ2n) is 10.3. The standard InChI is InChI=1S/C38H44Se4/c1-5-11-31-27-36-16-24-40-20-10-22-42-26-18-38-30-33(13-7-3)37(29-34(38)14-8-4)17-25-41-21-9-19-39-23-15-35(31)28-32(36)12-6-2/h27-30H,5-14,19-22H2,1-4H3. The molecule has 0 aliphatic carbocycles. The molecule has 2 aromatic carbocycles. The summed E-state index contributed by atoms with van der Waals surface area (Å²) in [5, 5.41) is 4.88. The molecule has 4 aliphatic heterocycles. The van der Waals surface area contributed by atoms with Gasteiger partial charge in [-0.1, -0.05) is 0 Å². The Morgan fingerprint density at radius 2 is 0.667 bits per heavy atom. The molecule has 0 nitrogen and oxygen atoms in total. The van der Waals surface area contributed by atoms with Gasteiger partial charge < -0.3 is 0 Å². The van der Waals surface area contributed by atoms with Crippen molar-refractivity contribution in [1.29, 1.82) is 0 Å². The first kappa shape index (κ1) is 35.2. The predicted molar refractivity (Wildman–Crippen MR) is 188 cm³/mol. The summed E-state index contributed by atoms with van der Waals surface area (Å²) in [5.41, 5.74) is 10.5. The molecule has 4 heteroatoms. The van der Waals surface area contributed by atoms with Crippen LogP contribution in [-0.2, 0) is 25.7 Å². The van der Waals surface area contributed by atoms with Crippen LogP contribution in [0.3, 0.4) is 0 Å². The van der Waals surface area contributed by atoms with Gasteiger partial charge in [0.15, 0.2) is 0 Å². The minimum atomic E-state index is 0.366. The Morgan fingerprint density at radius 3 is 0.881 bits per heavy atom. The quantitative estimate of drug-likeness (QED) is 0.189. The minimum absolute atomic E-state index is 0.366. The van der Waals surface area contributed by atoms with Gasteiger partial charge in [-0.25, -0.2) is 0 Å². The molecule has 0 saturated heterocycles. The summed E-state index contributed by atoms with van der Waals surface area (Å²) < 4.78 is 0. The van der Waals surface area contributed by atoms with E-state index in [0.29, 0.717) is 59.8 Å². The molecule has 0 amide bonds. The summed E-state index contributed by atoms with van der Waals surface area (Å²) >= 11 is 1.47. The van der Waals surface area contributed by atoms with E-state index in [4.69, 9.17) is 0 Å². The molecular formula is C38H44Se4. The van der Waals surface area contributed by atoms with Gasteiger partial charge in [-0.2, -0.15) is 0 Å². The van der Waals surface area contributed by atoms with Crippen molar-refractivity contribution in [1.82, 2.24) is 0 Å². The number of hydrogen-bond donors (Lipinski definition) is 0. The summed E-state index contributed by atoms with van der Waals surface area (Å²) in [6.07, 6.45) is 11.4. The normalized spacial score (nSPS) is 14.0. The summed E-state index contributed by atoms with van der Waals surface area (Å²) in [4.78, 5) is 14.3. The van der Waals surface area contributed by atoms with Crippen LogP contribution in [0.15, 0.2) is 24.3 Å². The average molecular weight is 817 g/mol. The maximum absolute atomic E-state index is 3.58. The number of aryl methyl sites for hydroxylation is 4. The molecule has 0 atom stereocenters. The molecule has 0 saturated carbocycles. The molecule has 0 fully saturated rings. The van der Waals surface area contributed by atoms with Gasteiger partial charge >= 0.3 is 285 Å². The first-order chi connectivity index (χ1) is 20.7. The fourth-order valence-corrected chi connectivity index (χ4v) is 11.4. The van der Waals surface area contributed by atoms with Gasteiger partial charge in [-0.3, -0.25) is 0 Å². The van der Waals surface area contributed by atoms with Crippen molar-refractivity contribution in [2.24, 2.45) is 0 Å². The molecule has 0 spiro atoms. The Labute approximate surface area is 282 Å². The van der Waals surface area contributed by atoms with E-state index >= 15 is 0 Å². The van der Waals surface area contributed by atoms with E-state index in [1.54, 1.807) is 0 Å². The van der Waals surface area contributed by atoms with E-state index in [2.05, 4.69) is 94.9 Å². The first-order valence-electron chi connectivity index (χ1n) is 15.5. The molecule has 42 heavy (non-hydrogen) atoms. The molecule has 0 unspecified atom stereocenters. The SMILES string of the molecule is CCCc1cc2c(CCC)cc1C#C[Se]CCC[Se]C#Cc1cc(CCC)c(cc1CCC)C#C[Se]CCC[Se]C#C2. The van der Waals surface area contributed by atoms with Crippen molar-refractivity contribution in [3.8, 4) is 43.0 Å². The number of hydrogen-bond acceptors (Lipinski definition) is 0. The Hall–Kier alpha value is -1.24. The molecule has 4 aliphatic rings. The Morgan fingerprint density at radius 1 is 0.429 bits per heavy atom. The zero-order valence-corrected chi connectivity index (χ0v) is 32.7. The van der Waals surface area contributed by atoms with Crippen LogP contribution in [0.1, 0.15) is 111 Å². The molecule has 0 radical (unpaired) electrons. The van der Waals surface area contributed by atoms with Crippen molar-refractivity contribution < 1.29 is 0 Å². The summed E-state index contributed by atoms with van der Waals surface area (Å²) in [6.45, 7) is 9.05. The van der Waals surface area contributed by atoms with Gasteiger partial charge in [-0.15, -0.1) is 0 Å². The molecule has 4 heterocycles. The Bertz CT molecular complexity index is 1190. The topological polar surface area (TPSA) is 0 Å². The summed E-state index contributed by atoms with van der Waals surface area (Å²) in [6, 6.07) is 9.46. The van der Waals surface area contributed by atoms with E-state index in [-0.39, 0.29) is 0 Å². The van der Waals surface area contributed by atoms with E-state index in [1.165, 1.54) is 78.6 Å². The molecule has 6 rings (SSSR count). The molecule has 4 bridgehead atoms. The molecule has 0 aromatic heterocycles. The monoisotopic (exact) mass is 820 g/mol. The van der Waals surface area contributed by atoms with Crippen LogP contribution in [0, 0.1) is 43.0 Å².